The second-order valence-corrected chi connectivity index (χ2v) is 2.26. The lowest BCUT2D eigenvalue weighted by atomic mass is 10.5. The minimum atomic E-state index is 0.0566. The van der Waals surface area contributed by atoms with E-state index in [-0.39, 0.29) is 17.8 Å². The molecule has 70 valence electrons. The van der Waals surface area contributed by atoms with E-state index in [4.69, 9.17) is 11.5 Å². The Morgan fingerprint density at radius 2 is 1.85 bits per heavy atom. The number of carbonyl (C=O) groups is 1. The number of nitrogens with one attached hydrogen (secondary N) is 1. The molecule has 1 aromatic heterocycles. The van der Waals surface area contributed by atoms with E-state index in [1.165, 1.54) is 0 Å². The van der Waals surface area contributed by atoms with Gasteiger partial charge in [0.2, 0.25) is 17.8 Å². The number of carbonyl (C=O) groups excluding carboxylic acids is 1. The van der Waals surface area contributed by atoms with Crippen molar-refractivity contribution in [2.75, 3.05) is 23.3 Å². The molecular formula is C6H10N6O. The summed E-state index contributed by atoms with van der Waals surface area (Å²) in [4.78, 5) is 21.1. The number of nitrogen functional groups attached to an aromatic ring is 2. The molecule has 0 fully saturated rings. The van der Waals surface area contributed by atoms with Gasteiger partial charge in [0.1, 0.15) is 6.29 Å². The third-order valence-corrected chi connectivity index (χ3v) is 1.22. The summed E-state index contributed by atoms with van der Waals surface area (Å²) < 4.78 is 0. The third kappa shape index (κ3) is 2.89. The van der Waals surface area contributed by atoms with Crippen LogP contribution in [0.5, 0.6) is 0 Å². The second kappa shape index (κ2) is 4.19. The van der Waals surface area contributed by atoms with Crippen molar-refractivity contribution in [1.82, 2.24) is 15.0 Å². The molecule has 0 aliphatic rings. The molecule has 0 unspecified atom stereocenters. The highest BCUT2D eigenvalue weighted by molar-refractivity contribution is 5.50. The molecule has 0 aliphatic carbocycles. The van der Waals surface area contributed by atoms with Gasteiger partial charge in [0.25, 0.3) is 0 Å². The fourth-order valence-corrected chi connectivity index (χ4v) is 0.731. The van der Waals surface area contributed by atoms with Gasteiger partial charge in [0.05, 0.1) is 0 Å². The Labute approximate surface area is 74.6 Å². The van der Waals surface area contributed by atoms with Crippen LogP contribution in [0.3, 0.4) is 0 Å². The van der Waals surface area contributed by atoms with Crippen molar-refractivity contribution in [2.24, 2.45) is 0 Å². The summed E-state index contributed by atoms with van der Waals surface area (Å²) in [6.45, 7) is 0.451. The van der Waals surface area contributed by atoms with E-state index in [1.807, 2.05) is 0 Å². The average molecular weight is 182 g/mol. The van der Waals surface area contributed by atoms with Gasteiger partial charge >= 0.3 is 0 Å². The lowest BCUT2D eigenvalue weighted by molar-refractivity contribution is -0.107. The molecule has 0 saturated heterocycles. The zero-order chi connectivity index (χ0) is 9.68. The first-order chi connectivity index (χ1) is 6.22. The van der Waals surface area contributed by atoms with E-state index in [0.717, 1.165) is 6.29 Å². The number of aromatic nitrogens is 3. The van der Waals surface area contributed by atoms with Crippen LogP contribution in [0.2, 0.25) is 0 Å². The molecule has 5 N–H and O–H groups in total. The first-order valence-corrected chi connectivity index (χ1v) is 3.67. The van der Waals surface area contributed by atoms with Crippen molar-refractivity contribution >= 4 is 24.1 Å². The highest BCUT2D eigenvalue weighted by Gasteiger charge is 1.99. The van der Waals surface area contributed by atoms with Gasteiger partial charge in [-0.2, -0.15) is 15.0 Å². The quantitative estimate of drug-likeness (QED) is 0.405. The van der Waals surface area contributed by atoms with Crippen LogP contribution >= 0.6 is 0 Å². The zero-order valence-corrected chi connectivity index (χ0v) is 6.90. The largest absolute Gasteiger partial charge is 0.368 e. The molecule has 1 aromatic rings. The van der Waals surface area contributed by atoms with E-state index in [2.05, 4.69) is 20.3 Å². The molecule has 13 heavy (non-hydrogen) atoms. The molecule has 0 aromatic carbocycles. The Balaban J connectivity index is 2.60. The van der Waals surface area contributed by atoms with E-state index in [0.29, 0.717) is 13.0 Å². The van der Waals surface area contributed by atoms with Crippen molar-refractivity contribution in [2.45, 2.75) is 6.42 Å². The molecule has 7 heteroatoms. The maximum absolute atomic E-state index is 9.99. The number of rotatable bonds is 4. The maximum Gasteiger partial charge on any atom is 0.229 e. The molecular weight excluding hydrogens is 172 g/mol. The number of nitrogens with zero attached hydrogens (tertiary/aromatic N) is 3. The summed E-state index contributed by atoms with van der Waals surface area (Å²) in [6, 6.07) is 0. The summed E-state index contributed by atoms with van der Waals surface area (Å²) in [5.41, 5.74) is 10.6. The van der Waals surface area contributed by atoms with E-state index < -0.39 is 0 Å². The van der Waals surface area contributed by atoms with Crippen LogP contribution in [-0.4, -0.2) is 27.8 Å². The van der Waals surface area contributed by atoms with Crippen LogP contribution in [0.4, 0.5) is 17.8 Å². The van der Waals surface area contributed by atoms with Crippen molar-refractivity contribution in [1.29, 1.82) is 0 Å². The van der Waals surface area contributed by atoms with Gasteiger partial charge in [-0.15, -0.1) is 0 Å². The summed E-state index contributed by atoms with van der Waals surface area (Å²) in [5.74, 6) is 0.397. The SMILES string of the molecule is Nc1nc(N)nc(NCCC=O)n1. The van der Waals surface area contributed by atoms with Crippen LogP contribution in [0, 0.1) is 0 Å². The van der Waals surface area contributed by atoms with Crippen molar-refractivity contribution < 1.29 is 4.79 Å². The van der Waals surface area contributed by atoms with Gasteiger partial charge < -0.3 is 21.6 Å². The number of aldehydes is 1. The summed E-state index contributed by atoms with van der Waals surface area (Å²) in [6.07, 6.45) is 1.17. The minimum Gasteiger partial charge on any atom is -0.368 e. The average Bonchev–Trinajstić information content (AvgIpc) is 2.03. The lowest BCUT2D eigenvalue weighted by Gasteiger charge is -2.02. The second-order valence-electron chi connectivity index (χ2n) is 2.26. The third-order valence-electron chi connectivity index (χ3n) is 1.22. The van der Waals surface area contributed by atoms with Gasteiger partial charge in [0, 0.05) is 13.0 Å². The van der Waals surface area contributed by atoms with Gasteiger partial charge in [-0.25, -0.2) is 0 Å². The summed E-state index contributed by atoms with van der Waals surface area (Å²) in [5, 5.41) is 2.77. The van der Waals surface area contributed by atoms with E-state index >= 15 is 0 Å². The Morgan fingerprint density at radius 1 is 1.23 bits per heavy atom. The van der Waals surface area contributed by atoms with Crippen molar-refractivity contribution in [3.63, 3.8) is 0 Å². The molecule has 0 radical (unpaired) electrons. The topological polar surface area (TPSA) is 120 Å². The Hall–Kier alpha value is -1.92. The predicted octanol–water partition coefficient (Wildman–Crippen LogP) is -0.963. The van der Waals surface area contributed by atoms with Crippen molar-refractivity contribution in [3.05, 3.63) is 0 Å². The summed E-state index contributed by atoms with van der Waals surface area (Å²) in [7, 11) is 0. The van der Waals surface area contributed by atoms with Crippen LogP contribution in [0.25, 0.3) is 0 Å². The molecule has 0 spiro atoms. The molecule has 0 aliphatic heterocycles. The Bertz CT molecular complexity index is 281. The van der Waals surface area contributed by atoms with Crippen LogP contribution in [0.1, 0.15) is 6.42 Å². The monoisotopic (exact) mass is 182 g/mol. The van der Waals surface area contributed by atoms with E-state index in [1.54, 1.807) is 0 Å². The molecule has 0 atom stereocenters. The van der Waals surface area contributed by atoms with Gasteiger partial charge in [0.15, 0.2) is 0 Å². The van der Waals surface area contributed by atoms with Crippen LogP contribution in [0.15, 0.2) is 0 Å². The predicted molar refractivity (Wildman–Crippen MR) is 47.8 cm³/mol. The smallest absolute Gasteiger partial charge is 0.229 e. The lowest BCUT2D eigenvalue weighted by Crippen LogP contribution is -2.10. The zero-order valence-electron chi connectivity index (χ0n) is 6.90. The van der Waals surface area contributed by atoms with Crippen molar-refractivity contribution in [3.8, 4) is 0 Å². The molecule has 1 rings (SSSR count). The minimum absolute atomic E-state index is 0.0566. The Morgan fingerprint density at radius 3 is 2.38 bits per heavy atom. The molecule has 1 heterocycles. The van der Waals surface area contributed by atoms with Gasteiger partial charge in [-0.1, -0.05) is 0 Å². The van der Waals surface area contributed by atoms with Crippen LogP contribution in [-0.2, 0) is 4.79 Å². The Kier molecular flexibility index (Phi) is 2.96. The number of hydrogen-bond donors (Lipinski definition) is 3. The fourth-order valence-electron chi connectivity index (χ4n) is 0.731. The number of hydrogen-bond acceptors (Lipinski definition) is 7. The molecule has 7 nitrogen and oxygen atoms in total. The van der Waals surface area contributed by atoms with E-state index in [9.17, 15) is 4.79 Å². The first kappa shape index (κ1) is 9.17. The van der Waals surface area contributed by atoms with Gasteiger partial charge in [-0.05, 0) is 0 Å². The van der Waals surface area contributed by atoms with Crippen LogP contribution < -0.4 is 16.8 Å². The highest BCUT2D eigenvalue weighted by atomic mass is 16.1. The molecule has 0 saturated carbocycles. The number of nitrogens with two attached hydrogens (primary N) is 2. The highest BCUT2D eigenvalue weighted by Crippen LogP contribution is 2.02. The molecule has 0 bridgehead atoms. The maximum atomic E-state index is 9.99. The first-order valence-electron chi connectivity index (χ1n) is 3.67. The van der Waals surface area contributed by atoms with Gasteiger partial charge in [-0.3, -0.25) is 0 Å². The number of anilines is 3. The molecule has 0 amide bonds. The standard InChI is InChI=1S/C6H10N6O/c7-4-10-5(8)12-6(11-4)9-2-1-3-13/h3H,1-2H2,(H5,7,8,9,10,11,12). The summed E-state index contributed by atoms with van der Waals surface area (Å²) >= 11 is 0. The fraction of sp³-hybridized carbons (Fsp3) is 0.333. The normalized spacial score (nSPS) is 9.54.